The van der Waals surface area contributed by atoms with Gasteiger partial charge in [0.05, 0.1) is 11.5 Å². The summed E-state index contributed by atoms with van der Waals surface area (Å²) in [5.41, 5.74) is 2.03. The van der Waals surface area contributed by atoms with E-state index in [-0.39, 0.29) is 10.6 Å². The SMILES string of the molecule is CN(Cc1cc(Br)cs1)c1ccc([N+](=O)[O-])cc1CBr. The van der Waals surface area contributed by atoms with Gasteiger partial charge in [0.15, 0.2) is 0 Å². The summed E-state index contributed by atoms with van der Waals surface area (Å²) in [5, 5.41) is 13.4. The van der Waals surface area contributed by atoms with E-state index in [1.165, 1.54) is 4.88 Å². The molecule has 0 fully saturated rings. The number of nitrogens with zero attached hydrogens (tertiary/aromatic N) is 2. The molecule has 4 nitrogen and oxygen atoms in total. The molecule has 0 aliphatic rings. The first-order valence-electron chi connectivity index (χ1n) is 5.78. The molecule has 1 aromatic carbocycles. The van der Waals surface area contributed by atoms with Gasteiger partial charge in [-0.05, 0) is 33.6 Å². The number of alkyl halides is 1. The fourth-order valence-electron chi connectivity index (χ4n) is 1.92. The Balaban J connectivity index is 2.24. The number of thiophene rings is 1. The van der Waals surface area contributed by atoms with Crippen LogP contribution in [-0.4, -0.2) is 12.0 Å². The molecule has 0 amide bonds. The summed E-state index contributed by atoms with van der Waals surface area (Å²) in [6, 6.07) is 7.05. The fraction of sp³-hybridized carbons (Fsp3) is 0.231. The Labute approximate surface area is 137 Å². The molecule has 0 saturated carbocycles. The summed E-state index contributed by atoms with van der Waals surface area (Å²) in [5.74, 6) is 0. The Morgan fingerprint density at radius 2 is 2.15 bits per heavy atom. The molecule has 1 heterocycles. The molecule has 0 bridgehead atoms. The minimum Gasteiger partial charge on any atom is -0.369 e. The maximum absolute atomic E-state index is 10.8. The van der Waals surface area contributed by atoms with E-state index in [4.69, 9.17) is 0 Å². The van der Waals surface area contributed by atoms with Gasteiger partial charge in [-0.15, -0.1) is 11.3 Å². The maximum Gasteiger partial charge on any atom is 0.269 e. The Morgan fingerprint density at radius 3 is 2.70 bits per heavy atom. The van der Waals surface area contributed by atoms with Crippen LogP contribution in [0.1, 0.15) is 10.4 Å². The van der Waals surface area contributed by atoms with Crippen LogP contribution in [0, 0.1) is 10.1 Å². The van der Waals surface area contributed by atoms with Crippen molar-refractivity contribution < 1.29 is 4.92 Å². The lowest BCUT2D eigenvalue weighted by molar-refractivity contribution is -0.384. The number of non-ortho nitro benzene ring substituents is 1. The molecule has 0 spiro atoms. The Bertz CT molecular complexity index is 631. The van der Waals surface area contributed by atoms with Crippen molar-refractivity contribution >= 4 is 54.6 Å². The zero-order valence-electron chi connectivity index (χ0n) is 10.7. The number of hydrogen-bond donors (Lipinski definition) is 0. The first kappa shape index (κ1) is 15.5. The van der Waals surface area contributed by atoms with Crippen LogP contribution in [0.2, 0.25) is 0 Å². The van der Waals surface area contributed by atoms with Crippen LogP contribution in [0.15, 0.2) is 34.1 Å². The Morgan fingerprint density at radius 1 is 1.40 bits per heavy atom. The quantitative estimate of drug-likeness (QED) is 0.391. The van der Waals surface area contributed by atoms with Crippen molar-refractivity contribution in [3.05, 3.63) is 54.7 Å². The van der Waals surface area contributed by atoms with Crippen molar-refractivity contribution in [3.8, 4) is 0 Å². The molecule has 0 N–H and O–H groups in total. The highest BCUT2D eigenvalue weighted by Crippen LogP contribution is 2.29. The zero-order chi connectivity index (χ0) is 14.7. The number of nitro groups is 1. The van der Waals surface area contributed by atoms with Crippen LogP contribution in [0.4, 0.5) is 11.4 Å². The summed E-state index contributed by atoms with van der Waals surface area (Å²) in [6.45, 7) is 0.772. The molecule has 20 heavy (non-hydrogen) atoms. The molecule has 0 aliphatic carbocycles. The van der Waals surface area contributed by atoms with E-state index in [1.54, 1.807) is 29.5 Å². The molecule has 0 aliphatic heterocycles. The van der Waals surface area contributed by atoms with Crippen LogP contribution in [0.3, 0.4) is 0 Å². The molecule has 1 aromatic heterocycles. The minimum absolute atomic E-state index is 0.121. The van der Waals surface area contributed by atoms with Gasteiger partial charge in [0.2, 0.25) is 0 Å². The van der Waals surface area contributed by atoms with Crippen molar-refractivity contribution in [1.82, 2.24) is 0 Å². The monoisotopic (exact) mass is 418 g/mol. The van der Waals surface area contributed by atoms with E-state index in [1.807, 2.05) is 12.4 Å². The van der Waals surface area contributed by atoms with Gasteiger partial charge >= 0.3 is 0 Å². The Hall–Kier alpha value is -0.920. The highest BCUT2D eigenvalue weighted by atomic mass is 79.9. The van der Waals surface area contributed by atoms with E-state index in [0.29, 0.717) is 5.33 Å². The van der Waals surface area contributed by atoms with Crippen molar-refractivity contribution in [2.75, 3.05) is 11.9 Å². The minimum atomic E-state index is -0.369. The lowest BCUT2D eigenvalue weighted by Gasteiger charge is -2.21. The van der Waals surface area contributed by atoms with Gasteiger partial charge in [-0.2, -0.15) is 0 Å². The predicted octanol–water partition coefficient (Wildman–Crippen LogP) is 4.95. The molecule has 7 heteroatoms. The zero-order valence-corrected chi connectivity index (χ0v) is 14.7. The summed E-state index contributed by atoms with van der Waals surface area (Å²) < 4.78 is 1.08. The maximum atomic E-state index is 10.8. The first-order valence-corrected chi connectivity index (χ1v) is 8.58. The number of rotatable bonds is 5. The average molecular weight is 420 g/mol. The number of halogens is 2. The lowest BCUT2D eigenvalue weighted by atomic mass is 10.1. The van der Waals surface area contributed by atoms with Gasteiger partial charge in [-0.25, -0.2) is 0 Å². The summed E-state index contributed by atoms with van der Waals surface area (Å²) in [6.07, 6.45) is 0. The normalized spacial score (nSPS) is 10.6. The average Bonchev–Trinajstić information content (AvgIpc) is 2.83. The highest BCUT2D eigenvalue weighted by Gasteiger charge is 2.13. The predicted molar refractivity (Wildman–Crippen MR) is 89.9 cm³/mol. The molecule has 0 radical (unpaired) electrons. The Kier molecular flexibility index (Phi) is 5.17. The molecule has 2 aromatic rings. The van der Waals surface area contributed by atoms with Crippen molar-refractivity contribution in [2.45, 2.75) is 11.9 Å². The number of anilines is 1. The van der Waals surface area contributed by atoms with Gasteiger partial charge in [-0.3, -0.25) is 10.1 Å². The van der Waals surface area contributed by atoms with Gasteiger partial charge in [0.1, 0.15) is 0 Å². The van der Waals surface area contributed by atoms with Crippen LogP contribution in [0.5, 0.6) is 0 Å². The second-order valence-corrected chi connectivity index (χ2v) is 6.76. The second kappa shape index (κ2) is 6.69. The molecular weight excluding hydrogens is 408 g/mol. The van der Waals surface area contributed by atoms with Crippen LogP contribution < -0.4 is 4.90 Å². The molecule has 0 saturated heterocycles. The van der Waals surface area contributed by atoms with E-state index >= 15 is 0 Å². The molecule has 2 rings (SSSR count). The van der Waals surface area contributed by atoms with Crippen LogP contribution in [0.25, 0.3) is 0 Å². The van der Waals surface area contributed by atoms with E-state index in [2.05, 4.69) is 42.8 Å². The number of benzene rings is 1. The summed E-state index contributed by atoms with van der Waals surface area (Å²) >= 11 is 8.52. The molecular formula is C13H12Br2N2O2S. The molecule has 0 unspecified atom stereocenters. The second-order valence-electron chi connectivity index (χ2n) is 4.29. The first-order chi connectivity index (χ1) is 9.51. The van der Waals surface area contributed by atoms with Gasteiger partial charge in [-0.1, -0.05) is 15.9 Å². The van der Waals surface area contributed by atoms with Gasteiger partial charge in [0, 0.05) is 44.9 Å². The van der Waals surface area contributed by atoms with Crippen LogP contribution >= 0.6 is 43.2 Å². The van der Waals surface area contributed by atoms with Crippen molar-refractivity contribution in [1.29, 1.82) is 0 Å². The third-order valence-electron chi connectivity index (χ3n) is 2.84. The molecule has 0 atom stereocenters. The largest absolute Gasteiger partial charge is 0.369 e. The smallest absolute Gasteiger partial charge is 0.269 e. The van der Waals surface area contributed by atoms with E-state index < -0.39 is 0 Å². The van der Waals surface area contributed by atoms with Crippen molar-refractivity contribution in [3.63, 3.8) is 0 Å². The summed E-state index contributed by atoms with van der Waals surface area (Å²) in [4.78, 5) is 13.8. The van der Waals surface area contributed by atoms with E-state index in [9.17, 15) is 10.1 Å². The summed E-state index contributed by atoms with van der Waals surface area (Å²) in [7, 11) is 1.99. The lowest BCUT2D eigenvalue weighted by Crippen LogP contribution is -2.17. The number of nitro benzene ring substituents is 1. The number of hydrogen-bond acceptors (Lipinski definition) is 4. The fourth-order valence-corrected chi connectivity index (χ4v) is 3.87. The topological polar surface area (TPSA) is 46.4 Å². The standard InChI is InChI=1S/C13H12Br2N2O2S/c1-16(7-12-5-10(15)8-20-12)13-3-2-11(17(18)19)4-9(13)6-14/h2-5,8H,6-7H2,1H3. The van der Waals surface area contributed by atoms with Crippen LogP contribution in [-0.2, 0) is 11.9 Å². The van der Waals surface area contributed by atoms with E-state index in [0.717, 1.165) is 22.3 Å². The van der Waals surface area contributed by atoms with Crippen molar-refractivity contribution in [2.24, 2.45) is 0 Å². The highest BCUT2D eigenvalue weighted by molar-refractivity contribution is 9.10. The molecule has 106 valence electrons. The van der Waals surface area contributed by atoms with Gasteiger partial charge < -0.3 is 4.90 Å². The third-order valence-corrected chi connectivity index (χ3v) is 5.13. The van der Waals surface area contributed by atoms with Gasteiger partial charge in [0.25, 0.3) is 5.69 Å². The third kappa shape index (κ3) is 3.59.